The predicted octanol–water partition coefficient (Wildman–Crippen LogP) is 1.95. The number of carbonyl (C=O) groups excluding carboxylic acids is 1. The largest absolute Gasteiger partial charge is 0.480 e. The summed E-state index contributed by atoms with van der Waals surface area (Å²) in [5, 5.41) is 11.5. The Morgan fingerprint density at radius 2 is 1.95 bits per heavy atom. The second-order valence-electron chi connectivity index (χ2n) is 5.06. The van der Waals surface area contributed by atoms with Gasteiger partial charge in [0.25, 0.3) is 0 Å². The van der Waals surface area contributed by atoms with Gasteiger partial charge in [-0.3, -0.25) is 14.5 Å². The van der Waals surface area contributed by atoms with Gasteiger partial charge in [0.2, 0.25) is 5.91 Å². The van der Waals surface area contributed by atoms with E-state index in [-0.39, 0.29) is 24.6 Å². The molecule has 0 unspecified atom stereocenters. The molecule has 0 aliphatic carbocycles. The van der Waals surface area contributed by atoms with E-state index >= 15 is 0 Å². The van der Waals surface area contributed by atoms with E-state index in [1.165, 1.54) is 18.2 Å². The van der Waals surface area contributed by atoms with Gasteiger partial charge < -0.3 is 10.4 Å². The number of carboxylic acids is 1. The van der Waals surface area contributed by atoms with Crippen LogP contribution in [0.25, 0.3) is 0 Å². The molecule has 1 amide bonds. The number of halogens is 1. The van der Waals surface area contributed by atoms with E-state index < -0.39 is 17.3 Å². The third kappa shape index (κ3) is 4.03. The van der Waals surface area contributed by atoms with Gasteiger partial charge >= 0.3 is 5.97 Å². The maximum Gasteiger partial charge on any atom is 0.323 e. The van der Waals surface area contributed by atoms with Crippen molar-refractivity contribution in [1.82, 2.24) is 4.90 Å². The average molecular weight is 282 g/mol. The van der Waals surface area contributed by atoms with Crippen LogP contribution in [-0.4, -0.2) is 41.0 Å². The minimum Gasteiger partial charge on any atom is -0.480 e. The number of benzene rings is 1. The molecule has 1 rings (SSSR count). The number of carboxylic acid groups (broad SMARTS) is 1. The monoisotopic (exact) mass is 282 g/mol. The molecule has 0 aliphatic rings. The number of amides is 1. The first-order valence-electron chi connectivity index (χ1n) is 6.24. The Hall–Kier alpha value is -1.95. The van der Waals surface area contributed by atoms with Crippen LogP contribution in [0.5, 0.6) is 0 Å². The van der Waals surface area contributed by atoms with Gasteiger partial charge in [0, 0.05) is 13.0 Å². The molecule has 5 nitrogen and oxygen atoms in total. The second-order valence-corrected chi connectivity index (χ2v) is 5.06. The first-order valence-corrected chi connectivity index (χ1v) is 6.24. The molecule has 1 aromatic carbocycles. The fourth-order valence-electron chi connectivity index (χ4n) is 1.49. The molecule has 0 atom stereocenters. The van der Waals surface area contributed by atoms with Crippen molar-refractivity contribution in [3.63, 3.8) is 0 Å². The molecular formula is C14H19FN2O3. The van der Waals surface area contributed by atoms with Gasteiger partial charge in [-0.2, -0.15) is 0 Å². The lowest BCUT2D eigenvalue weighted by Gasteiger charge is -2.31. The summed E-state index contributed by atoms with van der Waals surface area (Å²) in [5.74, 6) is -1.82. The topological polar surface area (TPSA) is 69.6 Å². The molecule has 0 heterocycles. The minimum atomic E-state index is -1.06. The number of hydrogen-bond donors (Lipinski definition) is 2. The zero-order chi connectivity index (χ0) is 15.3. The summed E-state index contributed by atoms with van der Waals surface area (Å²) in [6, 6.07) is 5.89. The first kappa shape index (κ1) is 16.1. The fourth-order valence-corrected chi connectivity index (χ4v) is 1.49. The Bertz CT molecular complexity index is 503. The Morgan fingerprint density at radius 3 is 2.50 bits per heavy atom. The van der Waals surface area contributed by atoms with Gasteiger partial charge in [-0.1, -0.05) is 12.1 Å². The van der Waals surface area contributed by atoms with Crippen molar-refractivity contribution < 1.29 is 19.1 Å². The van der Waals surface area contributed by atoms with Crippen molar-refractivity contribution in [2.24, 2.45) is 0 Å². The maximum atomic E-state index is 13.3. The Morgan fingerprint density at radius 1 is 1.35 bits per heavy atom. The van der Waals surface area contributed by atoms with Gasteiger partial charge in [-0.15, -0.1) is 0 Å². The number of nitrogens with zero attached hydrogens (tertiary/aromatic N) is 1. The molecule has 0 bridgehead atoms. The average Bonchev–Trinajstić information content (AvgIpc) is 2.38. The lowest BCUT2D eigenvalue weighted by molar-refractivity contribution is -0.148. The van der Waals surface area contributed by atoms with Crippen LogP contribution in [0.4, 0.5) is 10.1 Å². The summed E-state index contributed by atoms with van der Waals surface area (Å²) in [7, 11) is 1.63. The lowest BCUT2D eigenvalue weighted by atomic mass is 10.0. The van der Waals surface area contributed by atoms with E-state index in [1.807, 2.05) is 0 Å². The molecule has 6 heteroatoms. The molecule has 110 valence electrons. The predicted molar refractivity (Wildman–Crippen MR) is 74.0 cm³/mol. The zero-order valence-corrected chi connectivity index (χ0v) is 11.8. The normalized spacial score (nSPS) is 11.4. The van der Waals surface area contributed by atoms with Crippen molar-refractivity contribution in [2.45, 2.75) is 25.8 Å². The van der Waals surface area contributed by atoms with E-state index in [2.05, 4.69) is 5.32 Å². The Labute approximate surface area is 117 Å². The van der Waals surface area contributed by atoms with E-state index in [0.29, 0.717) is 0 Å². The molecule has 20 heavy (non-hydrogen) atoms. The highest BCUT2D eigenvalue weighted by Gasteiger charge is 2.31. The quantitative estimate of drug-likeness (QED) is 0.836. The van der Waals surface area contributed by atoms with Crippen LogP contribution in [0.15, 0.2) is 24.3 Å². The van der Waals surface area contributed by atoms with Crippen molar-refractivity contribution in [2.75, 3.05) is 18.9 Å². The summed E-state index contributed by atoms with van der Waals surface area (Å²) in [6.45, 7) is 3.38. The van der Waals surface area contributed by atoms with Crippen LogP contribution in [0.3, 0.4) is 0 Å². The van der Waals surface area contributed by atoms with E-state index in [0.717, 1.165) is 0 Å². The summed E-state index contributed by atoms with van der Waals surface area (Å²) in [5.41, 5.74) is -0.934. The van der Waals surface area contributed by atoms with E-state index in [9.17, 15) is 14.0 Å². The highest BCUT2D eigenvalue weighted by Crippen LogP contribution is 2.14. The molecule has 0 radical (unpaired) electrons. The van der Waals surface area contributed by atoms with Crippen LogP contribution in [-0.2, 0) is 9.59 Å². The minimum absolute atomic E-state index is 0.0849. The highest BCUT2D eigenvalue weighted by molar-refractivity contribution is 5.91. The number of likely N-dealkylation sites (N-methyl/N-ethyl adjacent to an activating group) is 1. The summed E-state index contributed by atoms with van der Waals surface area (Å²) < 4.78 is 13.3. The standard InChI is InChI=1S/C14H19FN2O3/c1-14(2,13(19)20)17(3)9-8-12(18)16-11-7-5-4-6-10(11)15/h4-7H,8-9H2,1-3H3,(H,16,18)(H,19,20). The molecule has 2 N–H and O–H groups in total. The lowest BCUT2D eigenvalue weighted by Crippen LogP contribution is -2.48. The molecule has 0 aliphatic heterocycles. The van der Waals surface area contributed by atoms with Crippen molar-refractivity contribution in [1.29, 1.82) is 0 Å². The molecule has 0 saturated carbocycles. The maximum absolute atomic E-state index is 13.3. The summed E-state index contributed by atoms with van der Waals surface area (Å²) in [4.78, 5) is 24.3. The number of anilines is 1. The van der Waals surface area contributed by atoms with E-state index in [1.54, 1.807) is 31.9 Å². The van der Waals surface area contributed by atoms with E-state index in [4.69, 9.17) is 5.11 Å². The number of hydrogen-bond acceptors (Lipinski definition) is 3. The second kappa shape index (κ2) is 6.47. The third-order valence-electron chi connectivity index (χ3n) is 3.30. The smallest absolute Gasteiger partial charge is 0.323 e. The van der Waals surface area contributed by atoms with Crippen LogP contribution in [0.2, 0.25) is 0 Å². The third-order valence-corrected chi connectivity index (χ3v) is 3.30. The molecular weight excluding hydrogens is 263 g/mol. The molecule has 0 spiro atoms. The van der Waals surface area contributed by atoms with Crippen molar-refractivity contribution >= 4 is 17.6 Å². The van der Waals surface area contributed by atoms with Crippen molar-refractivity contribution in [3.05, 3.63) is 30.1 Å². The number of nitrogens with one attached hydrogen (secondary N) is 1. The zero-order valence-electron chi connectivity index (χ0n) is 11.8. The van der Waals surface area contributed by atoms with Gasteiger partial charge in [-0.05, 0) is 33.0 Å². The molecule has 0 aromatic heterocycles. The van der Waals surface area contributed by atoms with Crippen LogP contribution in [0.1, 0.15) is 20.3 Å². The summed E-state index contributed by atoms with van der Waals surface area (Å²) in [6.07, 6.45) is 0.0849. The highest BCUT2D eigenvalue weighted by atomic mass is 19.1. The SMILES string of the molecule is CN(CCC(=O)Nc1ccccc1F)C(C)(C)C(=O)O. The first-order chi connectivity index (χ1) is 9.25. The van der Waals surface area contributed by atoms with Crippen LogP contribution in [0, 0.1) is 5.82 Å². The van der Waals surface area contributed by atoms with Gasteiger partial charge in [0.15, 0.2) is 0 Å². The molecule has 0 saturated heterocycles. The van der Waals surface area contributed by atoms with Gasteiger partial charge in [0.05, 0.1) is 5.69 Å². The number of para-hydroxylation sites is 1. The van der Waals surface area contributed by atoms with Gasteiger partial charge in [0.1, 0.15) is 11.4 Å². The number of carbonyl (C=O) groups is 2. The van der Waals surface area contributed by atoms with Crippen LogP contribution < -0.4 is 5.32 Å². The fraction of sp³-hybridized carbons (Fsp3) is 0.429. The number of aliphatic carboxylic acids is 1. The summed E-state index contributed by atoms with van der Waals surface area (Å²) >= 11 is 0. The molecule has 0 fully saturated rings. The Balaban J connectivity index is 2.53. The van der Waals surface area contributed by atoms with Crippen molar-refractivity contribution in [3.8, 4) is 0 Å². The molecule has 1 aromatic rings. The van der Waals surface area contributed by atoms with Gasteiger partial charge in [-0.25, -0.2) is 4.39 Å². The number of rotatable bonds is 6. The van der Waals surface area contributed by atoms with Crippen LogP contribution >= 0.6 is 0 Å². The Kier molecular flexibility index (Phi) is 5.21.